The number of benzene rings is 2. The zero-order valence-corrected chi connectivity index (χ0v) is 15.5. The molecule has 3 rings (SSSR count). The highest BCUT2D eigenvalue weighted by atomic mass is 35.5. The van der Waals surface area contributed by atoms with Gasteiger partial charge in [-0.3, -0.25) is 15.1 Å². The number of carbonyl (C=O) groups is 1. The van der Waals surface area contributed by atoms with Crippen molar-refractivity contribution in [2.24, 2.45) is 0 Å². The van der Waals surface area contributed by atoms with Gasteiger partial charge in [0.1, 0.15) is 5.56 Å². The highest BCUT2D eigenvalue weighted by Crippen LogP contribution is 2.35. The number of rotatable bonds is 5. The van der Waals surface area contributed by atoms with Crippen LogP contribution in [-0.2, 0) is 4.74 Å². The molecule has 138 valence electrons. The summed E-state index contributed by atoms with van der Waals surface area (Å²) in [7, 11) is 0. The Kier molecular flexibility index (Phi) is 5.43. The summed E-state index contributed by atoms with van der Waals surface area (Å²) in [5.74, 6) is -0.563. The molecule has 1 heterocycles. The van der Waals surface area contributed by atoms with E-state index < -0.39 is 10.9 Å². The van der Waals surface area contributed by atoms with Crippen molar-refractivity contribution in [1.82, 2.24) is 4.98 Å². The normalized spacial score (nSPS) is 10.6. The largest absolute Gasteiger partial charge is 0.462 e. The van der Waals surface area contributed by atoms with Crippen LogP contribution in [-0.4, -0.2) is 22.5 Å². The Morgan fingerprint density at radius 3 is 2.70 bits per heavy atom. The number of nitro groups is 1. The van der Waals surface area contributed by atoms with E-state index in [1.807, 2.05) is 0 Å². The Morgan fingerprint density at radius 1 is 1.26 bits per heavy atom. The molecular weight excluding hydrogens is 393 g/mol. The minimum Gasteiger partial charge on any atom is -0.462 e. The van der Waals surface area contributed by atoms with E-state index in [0.29, 0.717) is 27.3 Å². The van der Waals surface area contributed by atoms with Crippen LogP contribution in [0, 0.1) is 10.1 Å². The number of hydrogen-bond donors (Lipinski definition) is 1. The number of non-ortho nitro benzene ring substituents is 1. The van der Waals surface area contributed by atoms with Crippen LogP contribution >= 0.6 is 23.2 Å². The first-order valence-electron chi connectivity index (χ1n) is 7.87. The monoisotopic (exact) mass is 405 g/mol. The van der Waals surface area contributed by atoms with Gasteiger partial charge in [-0.1, -0.05) is 23.2 Å². The number of fused-ring (bicyclic) bond motifs is 1. The van der Waals surface area contributed by atoms with Crippen molar-refractivity contribution in [1.29, 1.82) is 0 Å². The van der Waals surface area contributed by atoms with E-state index in [4.69, 9.17) is 27.9 Å². The molecule has 0 aliphatic heterocycles. The number of pyridine rings is 1. The number of ether oxygens (including phenoxy) is 1. The van der Waals surface area contributed by atoms with E-state index in [-0.39, 0.29) is 22.9 Å². The molecule has 1 aromatic heterocycles. The van der Waals surface area contributed by atoms with Gasteiger partial charge in [-0.2, -0.15) is 0 Å². The molecule has 0 amide bonds. The molecule has 0 atom stereocenters. The molecular formula is C18H13Cl2N3O4. The Balaban J connectivity index is 2.16. The van der Waals surface area contributed by atoms with Crippen molar-refractivity contribution in [3.05, 3.63) is 68.3 Å². The fourth-order valence-electron chi connectivity index (χ4n) is 2.52. The summed E-state index contributed by atoms with van der Waals surface area (Å²) >= 11 is 12.3. The Morgan fingerprint density at radius 2 is 2.04 bits per heavy atom. The number of esters is 1. The molecule has 0 aliphatic carbocycles. The molecule has 27 heavy (non-hydrogen) atoms. The van der Waals surface area contributed by atoms with Gasteiger partial charge < -0.3 is 10.1 Å². The molecule has 2 aromatic carbocycles. The second-order valence-corrected chi connectivity index (χ2v) is 6.32. The molecule has 0 unspecified atom stereocenters. The molecule has 1 N–H and O–H groups in total. The maximum atomic E-state index is 12.4. The number of nitro benzene ring substituents is 1. The minimum absolute atomic E-state index is 0.131. The number of anilines is 2. The summed E-state index contributed by atoms with van der Waals surface area (Å²) in [6, 6.07) is 9.07. The van der Waals surface area contributed by atoms with E-state index >= 15 is 0 Å². The standard InChI is InChI=1S/C18H13Cl2N3O4/c1-2-27-18(24)13-9-21-15-5-3-10(19)7-12(15)17(13)22-16-6-4-11(23(25)26)8-14(16)20/h3-9H,2H2,1H3,(H,21,22). The highest BCUT2D eigenvalue weighted by molar-refractivity contribution is 6.34. The van der Waals surface area contributed by atoms with E-state index in [0.717, 1.165) is 0 Å². The van der Waals surface area contributed by atoms with E-state index in [1.54, 1.807) is 25.1 Å². The highest BCUT2D eigenvalue weighted by Gasteiger charge is 2.19. The molecule has 9 heteroatoms. The number of carbonyl (C=O) groups excluding carboxylic acids is 1. The summed E-state index contributed by atoms with van der Waals surface area (Å²) in [5, 5.41) is 15.1. The maximum absolute atomic E-state index is 12.4. The number of halogens is 2. The first kappa shape index (κ1) is 18.9. The van der Waals surface area contributed by atoms with Crippen LogP contribution < -0.4 is 5.32 Å². The van der Waals surface area contributed by atoms with Crippen molar-refractivity contribution in [3.63, 3.8) is 0 Å². The lowest BCUT2D eigenvalue weighted by Gasteiger charge is -2.15. The number of nitrogens with zero attached hydrogens (tertiary/aromatic N) is 2. The number of nitrogens with one attached hydrogen (secondary N) is 1. The lowest BCUT2D eigenvalue weighted by atomic mass is 10.1. The van der Waals surface area contributed by atoms with Crippen LogP contribution in [0.2, 0.25) is 10.0 Å². The van der Waals surface area contributed by atoms with Crippen molar-refractivity contribution < 1.29 is 14.5 Å². The van der Waals surface area contributed by atoms with E-state index in [9.17, 15) is 14.9 Å². The van der Waals surface area contributed by atoms with E-state index in [1.165, 1.54) is 24.4 Å². The lowest BCUT2D eigenvalue weighted by Crippen LogP contribution is -2.09. The molecule has 0 spiro atoms. The Bertz CT molecular complexity index is 1060. The predicted octanol–water partition coefficient (Wildman–Crippen LogP) is 5.37. The molecule has 0 saturated carbocycles. The smallest absolute Gasteiger partial charge is 0.341 e. The van der Waals surface area contributed by atoms with Gasteiger partial charge in [-0.15, -0.1) is 0 Å². The van der Waals surface area contributed by atoms with Crippen LogP contribution in [0.5, 0.6) is 0 Å². The molecule has 0 bridgehead atoms. The molecule has 0 radical (unpaired) electrons. The van der Waals surface area contributed by atoms with Crippen LogP contribution in [0.15, 0.2) is 42.6 Å². The molecule has 7 nitrogen and oxygen atoms in total. The van der Waals surface area contributed by atoms with Gasteiger partial charge in [0.05, 0.1) is 33.4 Å². The third-order valence-corrected chi connectivity index (χ3v) is 4.30. The number of hydrogen-bond acceptors (Lipinski definition) is 6. The SMILES string of the molecule is CCOC(=O)c1cnc2ccc(Cl)cc2c1Nc1ccc([N+](=O)[O-])cc1Cl. The molecule has 0 saturated heterocycles. The van der Waals surface area contributed by atoms with Crippen molar-refractivity contribution >= 4 is 57.1 Å². The van der Waals surface area contributed by atoms with Gasteiger partial charge in [0.15, 0.2) is 0 Å². The van der Waals surface area contributed by atoms with Gasteiger partial charge >= 0.3 is 5.97 Å². The fraction of sp³-hybridized carbons (Fsp3) is 0.111. The van der Waals surface area contributed by atoms with Crippen molar-refractivity contribution in [3.8, 4) is 0 Å². The second kappa shape index (κ2) is 7.77. The second-order valence-electron chi connectivity index (χ2n) is 5.48. The number of aromatic nitrogens is 1. The van der Waals surface area contributed by atoms with Crippen LogP contribution in [0.3, 0.4) is 0 Å². The quantitative estimate of drug-likeness (QED) is 0.348. The maximum Gasteiger partial charge on any atom is 0.341 e. The van der Waals surface area contributed by atoms with Gasteiger partial charge in [0, 0.05) is 28.7 Å². The van der Waals surface area contributed by atoms with Gasteiger partial charge in [0.25, 0.3) is 5.69 Å². The molecule has 0 aliphatic rings. The van der Waals surface area contributed by atoms with E-state index in [2.05, 4.69) is 10.3 Å². The van der Waals surface area contributed by atoms with Gasteiger partial charge in [0.2, 0.25) is 0 Å². The summed E-state index contributed by atoms with van der Waals surface area (Å²) in [5.41, 5.74) is 1.45. The fourth-order valence-corrected chi connectivity index (χ4v) is 2.91. The Hall–Kier alpha value is -2.90. The predicted molar refractivity (Wildman–Crippen MR) is 104 cm³/mol. The molecule has 3 aromatic rings. The van der Waals surface area contributed by atoms with Crippen LogP contribution in [0.4, 0.5) is 17.1 Å². The minimum atomic E-state index is -0.563. The summed E-state index contributed by atoms with van der Waals surface area (Å²) in [6.07, 6.45) is 1.40. The first-order valence-corrected chi connectivity index (χ1v) is 8.62. The third-order valence-electron chi connectivity index (χ3n) is 3.75. The third kappa shape index (κ3) is 3.94. The average Bonchev–Trinajstić information content (AvgIpc) is 2.63. The average molecular weight is 406 g/mol. The van der Waals surface area contributed by atoms with Crippen LogP contribution in [0.25, 0.3) is 10.9 Å². The zero-order chi connectivity index (χ0) is 19.6. The van der Waals surface area contributed by atoms with Crippen LogP contribution in [0.1, 0.15) is 17.3 Å². The molecule has 0 fully saturated rings. The van der Waals surface area contributed by atoms with Gasteiger partial charge in [-0.05, 0) is 31.2 Å². The Labute approximate surface area is 164 Å². The topological polar surface area (TPSA) is 94.4 Å². The van der Waals surface area contributed by atoms with Crippen molar-refractivity contribution in [2.45, 2.75) is 6.92 Å². The summed E-state index contributed by atoms with van der Waals surface area (Å²) < 4.78 is 5.09. The first-order chi connectivity index (χ1) is 12.9. The lowest BCUT2D eigenvalue weighted by molar-refractivity contribution is -0.384. The zero-order valence-electron chi connectivity index (χ0n) is 14.0. The summed E-state index contributed by atoms with van der Waals surface area (Å²) in [4.78, 5) is 27.0. The van der Waals surface area contributed by atoms with Crippen molar-refractivity contribution in [2.75, 3.05) is 11.9 Å². The summed E-state index contributed by atoms with van der Waals surface area (Å²) in [6.45, 7) is 1.90. The van der Waals surface area contributed by atoms with Gasteiger partial charge in [-0.25, -0.2) is 4.79 Å².